The van der Waals surface area contributed by atoms with Crippen LogP contribution in [0.3, 0.4) is 0 Å². The first kappa shape index (κ1) is 14.0. The normalized spacial score (nSPS) is 16.5. The molecule has 1 aliphatic rings. The molecule has 7 heteroatoms. The summed E-state index contributed by atoms with van der Waals surface area (Å²) in [5, 5.41) is 9.75. The number of nitrogens with one attached hydrogen (secondary N) is 2. The molecule has 1 saturated heterocycles. The highest BCUT2D eigenvalue weighted by Gasteiger charge is 2.15. The smallest absolute Gasteiger partial charge is 0.234 e. The number of aryl methyl sites for hydroxylation is 1. The van der Waals surface area contributed by atoms with Crippen molar-refractivity contribution in [2.75, 3.05) is 26.3 Å². The lowest BCUT2D eigenvalue weighted by Crippen LogP contribution is -2.43. The fourth-order valence-corrected chi connectivity index (χ4v) is 1.96. The van der Waals surface area contributed by atoms with Crippen molar-refractivity contribution >= 4 is 5.91 Å². The Hall–Kier alpha value is -1.47. The van der Waals surface area contributed by atoms with Crippen LogP contribution in [0.4, 0.5) is 0 Å². The summed E-state index contributed by atoms with van der Waals surface area (Å²) in [4.78, 5) is 15.7. The number of ether oxygens (including phenoxy) is 1. The third-order valence-electron chi connectivity index (χ3n) is 2.96. The molecule has 19 heavy (non-hydrogen) atoms. The van der Waals surface area contributed by atoms with Gasteiger partial charge in [-0.25, -0.2) is 0 Å². The van der Waals surface area contributed by atoms with E-state index in [4.69, 9.17) is 9.26 Å². The van der Waals surface area contributed by atoms with Crippen molar-refractivity contribution in [3.8, 4) is 0 Å². The maximum absolute atomic E-state index is 11.7. The Bertz CT molecular complexity index is 401. The fourth-order valence-electron chi connectivity index (χ4n) is 1.96. The first-order valence-electron chi connectivity index (χ1n) is 6.61. The molecule has 0 bridgehead atoms. The Morgan fingerprint density at radius 2 is 2.21 bits per heavy atom. The third kappa shape index (κ3) is 4.96. The van der Waals surface area contributed by atoms with E-state index in [-0.39, 0.29) is 11.9 Å². The third-order valence-corrected chi connectivity index (χ3v) is 2.96. The molecule has 2 heterocycles. The van der Waals surface area contributed by atoms with Crippen LogP contribution in [0.5, 0.6) is 0 Å². The SMILES string of the molecule is Cc1noc(CCNCC(=O)NC2CCOCC2)n1. The summed E-state index contributed by atoms with van der Waals surface area (Å²) < 4.78 is 10.2. The van der Waals surface area contributed by atoms with Crippen molar-refractivity contribution < 1.29 is 14.1 Å². The molecule has 1 fully saturated rings. The van der Waals surface area contributed by atoms with E-state index in [2.05, 4.69) is 20.8 Å². The van der Waals surface area contributed by atoms with E-state index in [9.17, 15) is 4.79 Å². The number of rotatable bonds is 6. The van der Waals surface area contributed by atoms with Crippen LogP contribution in [0, 0.1) is 6.92 Å². The van der Waals surface area contributed by atoms with E-state index < -0.39 is 0 Å². The Morgan fingerprint density at radius 3 is 2.89 bits per heavy atom. The van der Waals surface area contributed by atoms with Gasteiger partial charge >= 0.3 is 0 Å². The molecular formula is C12H20N4O3. The fraction of sp³-hybridized carbons (Fsp3) is 0.750. The summed E-state index contributed by atoms with van der Waals surface area (Å²) in [5.41, 5.74) is 0. The molecule has 0 saturated carbocycles. The van der Waals surface area contributed by atoms with Crippen molar-refractivity contribution in [2.24, 2.45) is 0 Å². The molecule has 0 atom stereocenters. The second-order valence-electron chi connectivity index (χ2n) is 4.62. The molecule has 0 spiro atoms. The van der Waals surface area contributed by atoms with Crippen LogP contribution < -0.4 is 10.6 Å². The minimum Gasteiger partial charge on any atom is -0.381 e. The van der Waals surface area contributed by atoms with Crippen LogP contribution in [0.1, 0.15) is 24.6 Å². The number of hydrogen-bond donors (Lipinski definition) is 2. The van der Waals surface area contributed by atoms with Crippen molar-refractivity contribution in [3.63, 3.8) is 0 Å². The van der Waals surface area contributed by atoms with Gasteiger partial charge in [-0.1, -0.05) is 5.16 Å². The summed E-state index contributed by atoms with van der Waals surface area (Å²) in [6.07, 6.45) is 2.42. The summed E-state index contributed by atoms with van der Waals surface area (Å²) in [6.45, 7) is 4.19. The largest absolute Gasteiger partial charge is 0.381 e. The molecule has 7 nitrogen and oxygen atoms in total. The van der Waals surface area contributed by atoms with Gasteiger partial charge in [0, 0.05) is 32.2 Å². The highest BCUT2D eigenvalue weighted by atomic mass is 16.5. The van der Waals surface area contributed by atoms with E-state index in [1.165, 1.54) is 0 Å². The van der Waals surface area contributed by atoms with E-state index >= 15 is 0 Å². The van der Waals surface area contributed by atoms with Gasteiger partial charge in [0.1, 0.15) is 0 Å². The Balaban J connectivity index is 1.56. The molecule has 0 unspecified atom stereocenters. The molecule has 0 aromatic carbocycles. The van der Waals surface area contributed by atoms with Crippen molar-refractivity contribution in [1.82, 2.24) is 20.8 Å². The van der Waals surface area contributed by atoms with Gasteiger partial charge in [-0.2, -0.15) is 4.98 Å². The van der Waals surface area contributed by atoms with Gasteiger partial charge in [0.25, 0.3) is 0 Å². The van der Waals surface area contributed by atoms with Crippen LogP contribution in [-0.4, -0.2) is 48.4 Å². The minimum atomic E-state index is 0.0219. The van der Waals surface area contributed by atoms with Crippen LogP contribution >= 0.6 is 0 Å². The lowest BCUT2D eigenvalue weighted by atomic mass is 10.1. The quantitative estimate of drug-likeness (QED) is 0.695. The zero-order chi connectivity index (χ0) is 13.5. The molecule has 2 rings (SSSR count). The number of hydrogen-bond acceptors (Lipinski definition) is 6. The molecule has 0 aliphatic carbocycles. The highest BCUT2D eigenvalue weighted by molar-refractivity contribution is 5.78. The van der Waals surface area contributed by atoms with Gasteiger partial charge < -0.3 is 19.9 Å². The molecule has 0 radical (unpaired) electrons. The molecule has 1 aliphatic heterocycles. The highest BCUT2D eigenvalue weighted by Crippen LogP contribution is 2.05. The van der Waals surface area contributed by atoms with E-state index in [0.29, 0.717) is 31.2 Å². The lowest BCUT2D eigenvalue weighted by molar-refractivity contribution is -0.121. The van der Waals surface area contributed by atoms with Crippen LogP contribution in [-0.2, 0) is 16.0 Å². The van der Waals surface area contributed by atoms with Gasteiger partial charge in [-0.15, -0.1) is 0 Å². The zero-order valence-corrected chi connectivity index (χ0v) is 11.1. The van der Waals surface area contributed by atoms with Gasteiger partial charge in [0.05, 0.1) is 6.54 Å². The first-order chi connectivity index (χ1) is 9.24. The van der Waals surface area contributed by atoms with Crippen LogP contribution in [0.2, 0.25) is 0 Å². The standard InChI is InChI=1S/C12H20N4O3/c1-9-14-12(19-16-9)2-5-13-8-11(17)15-10-3-6-18-7-4-10/h10,13H,2-8H2,1H3,(H,15,17). The van der Waals surface area contributed by atoms with Gasteiger partial charge in [0.2, 0.25) is 11.8 Å². The number of carbonyl (C=O) groups is 1. The average Bonchev–Trinajstić information content (AvgIpc) is 2.82. The zero-order valence-electron chi connectivity index (χ0n) is 11.1. The van der Waals surface area contributed by atoms with Crippen LogP contribution in [0.15, 0.2) is 4.52 Å². The van der Waals surface area contributed by atoms with E-state index in [1.54, 1.807) is 6.92 Å². The van der Waals surface area contributed by atoms with Crippen molar-refractivity contribution in [3.05, 3.63) is 11.7 Å². The average molecular weight is 268 g/mol. The predicted molar refractivity (Wildman–Crippen MR) is 67.6 cm³/mol. The van der Waals surface area contributed by atoms with E-state index in [1.807, 2.05) is 0 Å². The van der Waals surface area contributed by atoms with Crippen LogP contribution in [0.25, 0.3) is 0 Å². The lowest BCUT2D eigenvalue weighted by Gasteiger charge is -2.23. The Kier molecular flexibility index (Phi) is 5.29. The number of aromatic nitrogens is 2. The number of carbonyl (C=O) groups excluding carboxylic acids is 1. The Labute approximate surface area is 112 Å². The topological polar surface area (TPSA) is 89.3 Å². The summed E-state index contributed by atoms with van der Waals surface area (Å²) in [5.74, 6) is 1.25. The summed E-state index contributed by atoms with van der Waals surface area (Å²) in [7, 11) is 0. The van der Waals surface area contributed by atoms with Gasteiger partial charge in [-0.3, -0.25) is 4.79 Å². The first-order valence-corrected chi connectivity index (χ1v) is 6.61. The Morgan fingerprint density at radius 1 is 1.42 bits per heavy atom. The molecule has 1 amide bonds. The van der Waals surface area contributed by atoms with Crippen molar-refractivity contribution in [1.29, 1.82) is 0 Å². The minimum absolute atomic E-state index is 0.0219. The van der Waals surface area contributed by atoms with Gasteiger partial charge in [-0.05, 0) is 19.8 Å². The second kappa shape index (κ2) is 7.20. The number of amides is 1. The molecular weight excluding hydrogens is 248 g/mol. The second-order valence-corrected chi connectivity index (χ2v) is 4.62. The number of nitrogens with zero attached hydrogens (tertiary/aromatic N) is 2. The van der Waals surface area contributed by atoms with Gasteiger partial charge in [0.15, 0.2) is 5.82 Å². The molecule has 1 aromatic rings. The van der Waals surface area contributed by atoms with E-state index in [0.717, 1.165) is 26.1 Å². The maximum Gasteiger partial charge on any atom is 0.234 e. The monoisotopic (exact) mass is 268 g/mol. The molecule has 1 aromatic heterocycles. The summed E-state index contributed by atoms with van der Waals surface area (Å²) in [6, 6.07) is 0.252. The molecule has 106 valence electrons. The molecule has 2 N–H and O–H groups in total. The summed E-state index contributed by atoms with van der Waals surface area (Å²) >= 11 is 0. The predicted octanol–water partition coefficient (Wildman–Crippen LogP) is -0.195. The maximum atomic E-state index is 11.7. The van der Waals surface area contributed by atoms with Crippen molar-refractivity contribution in [2.45, 2.75) is 32.2 Å².